The van der Waals surface area contributed by atoms with Crippen molar-refractivity contribution in [3.63, 3.8) is 0 Å². The van der Waals surface area contributed by atoms with Crippen LogP contribution in [0.5, 0.6) is 0 Å². The zero-order valence-electron chi connectivity index (χ0n) is 14.4. The van der Waals surface area contributed by atoms with Crippen molar-refractivity contribution >= 4 is 35.0 Å². The van der Waals surface area contributed by atoms with Crippen molar-refractivity contribution in [2.45, 2.75) is 27.7 Å². The van der Waals surface area contributed by atoms with E-state index in [4.69, 9.17) is 11.6 Å². The average molecular weight is 330 g/mol. The summed E-state index contributed by atoms with van der Waals surface area (Å²) >= 11 is 6.10. The van der Waals surface area contributed by atoms with Gasteiger partial charge in [0, 0.05) is 30.0 Å². The van der Waals surface area contributed by atoms with Crippen LogP contribution in [0.25, 0.3) is 0 Å². The topological polar surface area (TPSA) is 27.6 Å². The molecule has 2 rings (SSSR count). The fraction of sp³-hybridized carbons (Fsp3) is 0.316. The van der Waals surface area contributed by atoms with Gasteiger partial charge in [-0.25, -0.2) is 4.99 Å². The summed E-state index contributed by atoms with van der Waals surface area (Å²) in [4.78, 5) is 6.62. The van der Waals surface area contributed by atoms with Crippen molar-refractivity contribution in [3.05, 3.63) is 52.0 Å². The van der Waals surface area contributed by atoms with E-state index in [1.54, 1.807) is 0 Å². The summed E-state index contributed by atoms with van der Waals surface area (Å²) in [7, 11) is 2.02. The monoisotopic (exact) mass is 329 g/mol. The maximum Gasteiger partial charge on any atom is 0.0909 e. The van der Waals surface area contributed by atoms with Gasteiger partial charge in [0.15, 0.2) is 0 Å². The summed E-state index contributed by atoms with van der Waals surface area (Å²) in [5.41, 5.74) is 6.56. The Morgan fingerprint density at radius 2 is 1.74 bits per heavy atom. The molecule has 0 aromatic heterocycles. The number of nitrogens with one attached hydrogen (secondary N) is 1. The molecule has 3 nitrogen and oxygen atoms in total. The van der Waals surface area contributed by atoms with E-state index in [2.05, 4.69) is 55.0 Å². The highest BCUT2D eigenvalue weighted by molar-refractivity contribution is 6.30. The highest BCUT2D eigenvalue weighted by Crippen LogP contribution is 2.30. The number of aliphatic imine (C=N–C) groups is 1. The van der Waals surface area contributed by atoms with Gasteiger partial charge >= 0.3 is 0 Å². The quantitative estimate of drug-likeness (QED) is 0.569. The van der Waals surface area contributed by atoms with Crippen molar-refractivity contribution in [2.75, 3.05) is 18.9 Å². The number of hydrogen-bond donors (Lipinski definition) is 1. The molecule has 0 atom stereocenters. The zero-order chi connectivity index (χ0) is 17.0. The Hall–Kier alpha value is -2.00. The van der Waals surface area contributed by atoms with Crippen LogP contribution in [0.15, 0.2) is 35.3 Å². The molecule has 0 amide bonds. The van der Waals surface area contributed by atoms with Gasteiger partial charge in [0.25, 0.3) is 0 Å². The molecule has 0 fully saturated rings. The van der Waals surface area contributed by atoms with E-state index < -0.39 is 0 Å². The van der Waals surface area contributed by atoms with Gasteiger partial charge in [-0.2, -0.15) is 0 Å². The van der Waals surface area contributed by atoms with E-state index in [0.717, 1.165) is 45.3 Å². The van der Waals surface area contributed by atoms with Gasteiger partial charge in [0.1, 0.15) is 0 Å². The van der Waals surface area contributed by atoms with Gasteiger partial charge < -0.3 is 10.2 Å². The summed E-state index contributed by atoms with van der Waals surface area (Å²) in [6.45, 7) is 9.28. The maximum atomic E-state index is 6.10. The van der Waals surface area contributed by atoms with E-state index in [-0.39, 0.29) is 0 Å². The molecule has 122 valence electrons. The molecular formula is C19H24ClN3. The van der Waals surface area contributed by atoms with E-state index in [1.165, 1.54) is 0 Å². The summed E-state index contributed by atoms with van der Waals surface area (Å²) in [6, 6.07) is 10.1. The van der Waals surface area contributed by atoms with Crippen LogP contribution < -0.4 is 5.32 Å². The lowest BCUT2D eigenvalue weighted by Crippen LogP contribution is -2.14. The number of rotatable bonds is 5. The zero-order valence-corrected chi connectivity index (χ0v) is 15.2. The number of anilines is 2. The molecule has 4 heteroatoms. The number of nitrogens with zero attached hydrogens (tertiary/aromatic N) is 2. The van der Waals surface area contributed by atoms with Crippen LogP contribution in [0.3, 0.4) is 0 Å². The van der Waals surface area contributed by atoms with Crippen molar-refractivity contribution in [2.24, 2.45) is 4.99 Å². The lowest BCUT2D eigenvalue weighted by atomic mass is 10.1. The van der Waals surface area contributed by atoms with E-state index in [0.29, 0.717) is 0 Å². The molecular weight excluding hydrogens is 306 g/mol. The first kappa shape index (κ1) is 17.4. The van der Waals surface area contributed by atoms with Crippen LogP contribution >= 0.6 is 11.6 Å². The van der Waals surface area contributed by atoms with Crippen LogP contribution in [0.2, 0.25) is 5.02 Å². The van der Waals surface area contributed by atoms with Crippen LogP contribution in [-0.2, 0) is 0 Å². The molecule has 2 aromatic rings. The smallest absolute Gasteiger partial charge is 0.0909 e. The molecule has 0 saturated heterocycles. The Morgan fingerprint density at radius 1 is 1.04 bits per heavy atom. The second-order valence-corrected chi connectivity index (χ2v) is 6.29. The Morgan fingerprint density at radius 3 is 2.43 bits per heavy atom. The first-order valence-corrected chi connectivity index (χ1v) is 8.17. The molecule has 0 bridgehead atoms. The number of hydrogen-bond acceptors (Lipinski definition) is 2. The number of aryl methyl sites for hydroxylation is 3. The molecule has 0 saturated carbocycles. The second kappa shape index (κ2) is 7.51. The molecule has 1 N–H and O–H groups in total. The fourth-order valence-electron chi connectivity index (χ4n) is 2.19. The molecule has 0 spiro atoms. The highest BCUT2D eigenvalue weighted by atomic mass is 35.5. The molecule has 0 unspecified atom stereocenters. The van der Waals surface area contributed by atoms with E-state index >= 15 is 0 Å². The van der Waals surface area contributed by atoms with Crippen molar-refractivity contribution in [3.8, 4) is 0 Å². The molecule has 0 aliphatic heterocycles. The Bertz CT molecular complexity index is 723. The van der Waals surface area contributed by atoms with Gasteiger partial charge in [-0.15, -0.1) is 0 Å². The van der Waals surface area contributed by atoms with Gasteiger partial charge in [0.05, 0.1) is 12.0 Å². The third-order valence-electron chi connectivity index (χ3n) is 3.90. The minimum Gasteiger partial charge on any atom is -0.366 e. The van der Waals surface area contributed by atoms with Crippen LogP contribution in [-0.4, -0.2) is 24.8 Å². The second-order valence-electron chi connectivity index (χ2n) is 5.86. The summed E-state index contributed by atoms with van der Waals surface area (Å²) in [6.07, 6.45) is 1.87. The van der Waals surface area contributed by atoms with E-state index in [1.807, 2.05) is 31.6 Å². The average Bonchev–Trinajstić information content (AvgIpc) is 2.52. The predicted molar refractivity (Wildman–Crippen MR) is 102 cm³/mol. The summed E-state index contributed by atoms with van der Waals surface area (Å²) in [5, 5.41) is 4.21. The first-order chi connectivity index (χ1) is 10.9. The Labute approximate surface area is 144 Å². The van der Waals surface area contributed by atoms with Crippen molar-refractivity contribution in [1.82, 2.24) is 4.90 Å². The largest absolute Gasteiger partial charge is 0.366 e. The van der Waals surface area contributed by atoms with Crippen molar-refractivity contribution < 1.29 is 0 Å². The lowest BCUT2D eigenvalue weighted by molar-refractivity contribution is 0.552. The molecule has 0 aliphatic rings. The fourth-order valence-corrected chi connectivity index (χ4v) is 2.36. The maximum absolute atomic E-state index is 6.10. The Kier molecular flexibility index (Phi) is 5.67. The van der Waals surface area contributed by atoms with Crippen LogP contribution in [0.4, 0.5) is 17.1 Å². The lowest BCUT2D eigenvalue weighted by Gasteiger charge is -2.15. The van der Waals surface area contributed by atoms with E-state index in [9.17, 15) is 0 Å². The Balaban J connectivity index is 2.29. The minimum atomic E-state index is 0.733. The third-order valence-corrected chi connectivity index (χ3v) is 4.14. The van der Waals surface area contributed by atoms with Gasteiger partial charge in [-0.05, 0) is 68.7 Å². The standard InChI is InChI=1S/C19H24ClN3/c1-6-23(5)12-21-17-9-15(4)18(10-14(17)3)22-19-11-16(20)8-7-13(19)2/h7-12,22H,6H2,1-5H3/b21-12-. The minimum absolute atomic E-state index is 0.733. The van der Waals surface area contributed by atoms with Gasteiger partial charge in [-0.3, -0.25) is 0 Å². The normalized spacial score (nSPS) is 11.0. The molecule has 2 aromatic carbocycles. The van der Waals surface area contributed by atoms with Gasteiger partial charge in [-0.1, -0.05) is 17.7 Å². The predicted octanol–water partition coefficient (Wildman–Crippen LogP) is 5.62. The molecule has 0 heterocycles. The molecule has 23 heavy (non-hydrogen) atoms. The number of benzene rings is 2. The molecule has 0 aliphatic carbocycles. The first-order valence-electron chi connectivity index (χ1n) is 7.79. The van der Waals surface area contributed by atoms with Crippen LogP contribution in [0.1, 0.15) is 23.6 Å². The summed E-state index contributed by atoms with van der Waals surface area (Å²) < 4.78 is 0. The van der Waals surface area contributed by atoms with Gasteiger partial charge in [0.2, 0.25) is 0 Å². The third kappa shape index (κ3) is 4.49. The SMILES string of the molecule is CCN(C)/C=N\c1cc(C)c(Nc2cc(Cl)ccc2C)cc1C. The van der Waals surface area contributed by atoms with Crippen molar-refractivity contribution in [1.29, 1.82) is 0 Å². The number of halogens is 1. The van der Waals surface area contributed by atoms with Crippen LogP contribution in [0, 0.1) is 20.8 Å². The molecule has 0 radical (unpaired) electrons. The highest BCUT2D eigenvalue weighted by Gasteiger charge is 2.06. The summed E-state index contributed by atoms with van der Waals surface area (Å²) in [5.74, 6) is 0.